The van der Waals surface area contributed by atoms with Crippen molar-refractivity contribution in [1.29, 1.82) is 0 Å². The van der Waals surface area contributed by atoms with Gasteiger partial charge in [0.05, 0.1) is 24.7 Å². The summed E-state index contributed by atoms with van der Waals surface area (Å²) in [6.45, 7) is 5.97. The molecule has 5 nitrogen and oxygen atoms in total. The predicted molar refractivity (Wildman–Crippen MR) is 86.6 cm³/mol. The highest BCUT2D eigenvalue weighted by molar-refractivity contribution is 7.57. The van der Waals surface area contributed by atoms with E-state index in [0.717, 1.165) is 30.0 Å². The van der Waals surface area contributed by atoms with Crippen molar-refractivity contribution in [1.82, 2.24) is 5.32 Å². The van der Waals surface area contributed by atoms with E-state index in [2.05, 4.69) is 16.3 Å². The zero-order chi connectivity index (χ0) is 15.3. The van der Waals surface area contributed by atoms with Crippen molar-refractivity contribution >= 4 is 19.0 Å². The number of rotatable bonds is 5. The Labute approximate surface area is 126 Å². The molecule has 1 N–H and O–H groups in total. The molecule has 0 bridgehead atoms. The van der Waals surface area contributed by atoms with Crippen molar-refractivity contribution in [3.8, 4) is 0 Å². The van der Waals surface area contributed by atoms with E-state index >= 15 is 0 Å². The Hall–Kier alpha value is -1.29. The third-order valence-electron chi connectivity index (χ3n) is 3.27. The fourth-order valence-corrected chi connectivity index (χ4v) is 3.84. The molecule has 0 aromatic heterocycles. The molecule has 1 aromatic carbocycles. The Balaban J connectivity index is 2.44. The van der Waals surface area contributed by atoms with Crippen LogP contribution in [0.2, 0.25) is 0 Å². The lowest BCUT2D eigenvalue weighted by Crippen LogP contribution is -2.24. The van der Waals surface area contributed by atoms with Gasteiger partial charge in [0.25, 0.3) is 0 Å². The largest absolute Gasteiger partial charge is 0.382 e. The number of para-hydroxylation sites is 1. The van der Waals surface area contributed by atoms with Crippen LogP contribution >= 0.6 is 7.60 Å². The number of nitrogens with zero attached hydrogens (tertiary/aromatic N) is 1. The van der Waals surface area contributed by atoms with Gasteiger partial charge < -0.3 is 19.3 Å². The summed E-state index contributed by atoms with van der Waals surface area (Å²) < 4.78 is 23.4. The van der Waals surface area contributed by atoms with Crippen LogP contribution in [-0.2, 0) is 13.6 Å². The standard InChI is InChI=1S/C15H23N2O3P/c1-4-19-21(18,20-5-2)12-14-13-8-6-7-9-15(13)17(3)11-10-16-14/h6-9,12,16H,4-5,10-11H2,1-3H3/b14-12-. The lowest BCUT2D eigenvalue weighted by molar-refractivity contribution is 0.229. The number of hydrogen-bond donors (Lipinski definition) is 1. The second-order valence-corrected chi connectivity index (χ2v) is 6.64. The highest BCUT2D eigenvalue weighted by atomic mass is 31.2. The average Bonchev–Trinajstić information content (AvgIpc) is 2.60. The molecule has 1 aliphatic heterocycles. The summed E-state index contributed by atoms with van der Waals surface area (Å²) >= 11 is 0. The Morgan fingerprint density at radius 3 is 2.62 bits per heavy atom. The molecule has 0 spiro atoms. The van der Waals surface area contributed by atoms with Crippen molar-refractivity contribution in [3.05, 3.63) is 35.6 Å². The molecule has 2 rings (SSSR count). The second kappa shape index (κ2) is 7.12. The van der Waals surface area contributed by atoms with Crippen LogP contribution in [0, 0.1) is 0 Å². The molecular weight excluding hydrogens is 287 g/mol. The first kappa shape index (κ1) is 16.1. The van der Waals surface area contributed by atoms with Crippen molar-refractivity contribution in [2.24, 2.45) is 0 Å². The van der Waals surface area contributed by atoms with E-state index in [1.54, 1.807) is 5.82 Å². The highest BCUT2D eigenvalue weighted by Crippen LogP contribution is 2.51. The molecule has 1 heterocycles. The van der Waals surface area contributed by atoms with Gasteiger partial charge in [0, 0.05) is 31.4 Å². The first-order valence-corrected chi connectivity index (χ1v) is 8.87. The molecule has 0 amide bonds. The highest BCUT2D eigenvalue weighted by Gasteiger charge is 2.24. The van der Waals surface area contributed by atoms with Gasteiger partial charge in [-0.05, 0) is 19.9 Å². The minimum absolute atomic E-state index is 0.350. The fraction of sp³-hybridized carbons (Fsp3) is 0.467. The van der Waals surface area contributed by atoms with Gasteiger partial charge in [0.2, 0.25) is 0 Å². The minimum Gasteiger partial charge on any atom is -0.382 e. The number of nitrogens with one attached hydrogen (secondary N) is 1. The maximum atomic E-state index is 12.7. The smallest absolute Gasteiger partial charge is 0.356 e. The molecule has 0 fully saturated rings. The maximum absolute atomic E-state index is 12.7. The maximum Gasteiger partial charge on any atom is 0.356 e. The quantitative estimate of drug-likeness (QED) is 0.846. The molecule has 6 heteroatoms. The number of anilines is 1. The summed E-state index contributed by atoms with van der Waals surface area (Å²) in [7, 11) is -1.18. The Bertz CT molecular complexity index is 550. The molecule has 0 atom stereocenters. The van der Waals surface area contributed by atoms with Crippen molar-refractivity contribution < 1.29 is 13.6 Å². The molecule has 0 radical (unpaired) electrons. The van der Waals surface area contributed by atoms with Gasteiger partial charge in [-0.2, -0.15) is 0 Å². The number of benzene rings is 1. The van der Waals surface area contributed by atoms with E-state index in [9.17, 15) is 4.57 Å². The number of fused-ring (bicyclic) bond motifs is 1. The Kier molecular flexibility index (Phi) is 5.45. The first-order valence-electron chi connectivity index (χ1n) is 7.25. The SMILES string of the molecule is CCOP(=O)(/C=C1\NCCN(C)c2ccccc21)OCC. The molecule has 21 heavy (non-hydrogen) atoms. The van der Waals surface area contributed by atoms with Crippen molar-refractivity contribution in [2.45, 2.75) is 13.8 Å². The molecule has 0 saturated carbocycles. The van der Waals surface area contributed by atoms with Crippen LogP contribution in [-0.4, -0.2) is 33.4 Å². The summed E-state index contributed by atoms with van der Waals surface area (Å²) in [5, 5.41) is 3.33. The van der Waals surface area contributed by atoms with Crippen LogP contribution in [0.1, 0.15) is 19.4 Å². The summed E-state index contributed by atoms with van der Waals surface area (Å²) in [5.41, 5.74) is 2.92. The second-order valence-electron chi connectivity index (χ2n) is 4.78. The van der Waals surface area contributed by atoms with Crippen LogP contribution in [0.5, 0.6) is 0 Å². The van der Waals surface area contributed by atoms with Crippen LogP contribution in [0.15, 0.2) is 30.1 Å². The Morgan fingerprint density at radius 2 is 1.95 bits per heavy atom. The van der Waals surface area contributed by atoms with Gasteiger partial charge in [-0.3, -0.25) is 4.57 Å². The summed E-state index contributed by atoms with van der Waals surface area (Å²) in [6.07, 6.45) is 0. The normalized spacial score (nSPS) is 17.3. The summed E-state index contributed by atoms with van der Waals surface area (Å²) in [4.78, 5) is 2.18. The molecular formula is C15H23N2O3P. The van der Waals surface area contributed by atoms with Gasteiger partial charge in [-0.25, -0.2) is 0 Å². The van der Waals surface area contributed by atoms with Crippen LogP contribution in [0.4, 0.5) is 5.69 Å². The molecule has 116 valence electrons. The molecule has 1 aromatic rings. The van der Waals surface area contributed by atoms with Crippen LogP contribution < -0.4 is 10.2 Å². The number of likely N-dealkylation sites (N-methyl/N-ethyl adjacent to an activating group) is 1. The van der Waals surface area contributed by atoms with Crippen molar-refractivity contribution in [2.75, 3.05) is 38.3 Å². The van der Waals surface area contributed by atoms with E-state index < -0.39 is 7.60 Å². The van der Waals surface area contributed by atoms with E-state index in [1.165, 1.54) is 0 Å². The van der Waals surface area contributed by atoms with E-state index in [0.29, 0.717) is 13.2 Å². The first-order chi connectivity index (χ1) is 10.1. The van der Waals surface area contributed by atoms with E-state index in [-0.39, 0.29) is 0 Å². The fourth-order valence-electron chi connectivity index (χ4n) is 2.35. The van der Waals surface area contributed by atoms with Crippen LogP contribution in [0.3, 0.4) is 0 Å². The van der Waals surface area contributed by atoms with Gasteiger partial charge in [-0.1, -0.05) is 18.2 Å². The molecule has 0 aliphatic carbocycles. The van der Waals surface area contributed by atoms with E-state index in [1.807, 2.05) is 39.1 Å². The van der Waals surface area contributed by atoms with E-state index in [4.69, 9.17) is 9.05 Å². The lowest BCUT2D eigenvalue weighted by atomic mass is 10.1. The van der Waals surface area contributed by atoms with Gasteiger partial charge >= 0.3 is 7.60 Å². The minimum atomic E-state index is -3.23. The van der Waals surface area contributed by atoms with Gasteiger partial charge in [0.1, 0.15) is 0 Å². The predicted octanol–water partition coefficient (Wildman–Crippen LogP) is 3.29. The third kappa shape index (κ3) is 3.88. The molecule has 0 unspecified atom stereocenters. The zero-order valence-electron chi connectivity index (χ0n) is 12.8. The zero-order valence-corrected chi connectivity index (χ0v) is 13.7. The summed E-state index contributed by atoms with van der Waals surface area (Å²) in [6, 6.07) is 8.05. The van der Waals surface area contributed by atoms with Gasteiger partial charge in [0.15, 0.2) is 0 Å². The monoisotopic (exact) mass is 310 g/mol. The van der Waals surface area contributed by atoms with Gasteiger partial charge in [-0.15, -0.1) is 0 Å². The molecule has 0 saturated heterocycles. The lowest BCUT2D eigenvalue weighted by Gasteiger charge is -2.19. The summed E-state index contributed by atoms with van der Waals surface area (Å²) in [5.74, 6) is 1.61. The van der Waals surface area contributed by atoms with Crippen LogP contribution in [0.25, 0.3) is 5.70 Å². The Morgan fingerprint density at radius 1 is 1.29 bits per heavy atom. The topological polar surface area (TPSA) is 50.8 Å². The third-order valence-corrected chi connectivity index (χ3v) is 5.08. The molecule has 1 aliphatic rings. The number of hydrogen-bond acceptors (Lipinski definition) is 5. The average molecular weight is 310 g/mol. The van der Waals surface area contributed by atoms with Crippen molar-refractivity contribution in [3.63, 3.8) is 0 Å².